The highest BCUT2D eigenvalue weighted by Gasteiger charge is 2.33. The molecule has 0 aromatic rings. The SMILES string of the molecule is CCN(CC1CCC1)CC1(CO)CCCCC1. The Morgan fingerprint density at radius 1 is 1.12 bits per heavy atom. The van der Waals surface area contributed by atoms with E-state index in [0.717, 1.165) is 19.0 Å². The highest BCUT2D eigenvalue weighted by Crippen LogP contribution is 2.37. The lowest BCUT2D eigenvalue weighted by atomic mass is 9.74. The second-order valence-corrected chi connectivity index (χ2v) is 6.34. The summed E-state index contributed by atoms with van der Waals surface area (Å²) in [6.07, 6.45) is 10.8. The minimum absolute atomic E-state index is 0.234. The van der Waals surface area contributed by atoms with Gasteiger partial charge in [-0.05, 0) is 38.1 Å². The Bertz CT molecular complexity index is 219. The molecule has 100 valence electrons. The van der Waals surface area contributed by atoms with Crippen molar-refractivity contribution in [1.82, 2.24) is 4.90 Å². The third-order valence-corrected chi connectivity index (χ3v) is 5.00. The molecule has 17 heavy (non-hydrogen) atoms. The molecule has 2 aliphatic carbocycles. The Morgan fingerprint density at radius 3 is 2.29 bits per heavy atom. The molecule has 0 spiro atoms. The summed E-state index contributed by atoms with van der Waals surface area (Å²) in [6.45, 7) is 6.23. The topological polar surface area (TPSA) is 23.5 Å². The molecule has 2 aliphatic rings. The van der Waals surface area contributed by atoms with E-state index in [9.17, 15) is 5.11 Å². The molecule has 0 saturated heterocycles. The second kappa shape index (κ2) is 6.19. The molecule has 0 aliphatic heterocycles. The smallest absolute Gasteiger partial charge is 0.0499 e. The summed E-state index contributed by atoms with van der Waals surface area (Å²) < 4.78 is 0. The van der Waals surface area contributed by atoms with E-state index in [2.05, 4.69) is 11.8 Å². The van der Waals surface area contributed by atoms with Crippen LogP contribution in [-0.2, 0) is 0 Å². The summed E-state index contributed by atoms with van der Waals surface area (Å²) in [5, 5.41) is 9.76. The fourth-order valence-electron chi connectivity index (χ4n) is 3.49. The molecular weight excluding hydrogens is 210 g/mol. The molecule has 0 atom stereocenters. The minimum atomic E-state index is 0.234. The molecule has 2 nitrogen and oxygen atoms in total. The van der Waals surface area contributed by atoms with Crippen LogP contribution in [0.2, 0.25) is 0 Å². The molecule has 0 radical (unpaired) electrons. The third-order valence-electron chi connectivity index (χ3n) is 5.00. The molecule has 0 bridgehead atoms. The average Bonchev–Trinajstić information content (AvgIpc) is 2.33. The van der Waals surface area contributed by atoms with Crippen LogP contribution in [0.25, 0.3) is 0 Å². The maximum absolute atomic E-state index is 9.76. The first-order valence-corrected chi connectivity index (χ1v) is 7.61. The van der Waals surface area contributed by atoms with Crippen LogP contribution < -0.4 is 0 Å². The van der Waals surface area contributed by atoms with Crippen molar-refractivity contribution in [3.8, 4) is 0 Å². The van der Waals surface area contributed by atoms with E-state index in [1.54, 1.807) is 0 Å². The second-order valence-electron chi connectivity index (χ2n) is 6.34. The number of rotatable bonds is 6. The summed E-state index contributed by atoms with van der Waals surface area (Å²) >= 11 is 0. The van der Waals surface area contributed by atoms with Crippen molar-refractivity contribution in [3.05, 3.63) is 0 Å². The van der Waals surface area contributed by atoms with Crippen molar-refractivity contribution in [1.29, 1.82) is 0 Å². The van der Waals surface area contributed by atoms with E-state index in [1.807, 2.05) is 0 Å². The van der Waals surface area contributed by atoms with Gasteiger partial charge in [0.1, 0.15) is 0 Å². The Kier molecular flexibility index (Phi) is 4.87. The van der Waals surface area contributed by atoms with Gasteiger partial charge in [0.05, 0.1) is 0 Å². The molecule has 2 fully saturated rings. The zero-order chi connectivity index (χ0) is 12.1. The van der Waals surface area contributed by atoms with Crippen LogP contribution >= 0.6 is 0 Å². The van der Waals surface area contributed by atoms with E-state index in [0.29, 0.717) is 6.61 Å². The molecule has 2 rings (SSSR count). The minimum Gasteiger partial charge on any atom is -0.396 e. The molecule has 0 amide bonds. The van der Waals surface area contributed by atoms with Crippen molar-refractivity contribution in [2.75, 3.05) is 26.2 Å². The average molecular weight is 239 g/mol. The molecule has 0 unspecified atom stereocenters. The van der Waals surface area contributed by atoms with Gasteiger partial charge < -0.3 is 10.0 Å². The van der Waals surface area contributed by atoms with Crippen LogP contribution in [0, 0.1) is 11.3 Å². The van der Waals surface area contributed by atoms with Gasteiger partial charge in [0, 0.05) is 25.1 Å². The van der Waals surface area contributed by atoms with Crippen molar-refractivity contribution >= 4 is 0 Å². The lowest BCUT2D eigenvalue weighted by molar-refractivity contribution is 0.0320. The molecule has 0 aromatic carbocycles. The van der Waals surface area contributed by atoms with Crippen LogP contribution in [0.4, 0.5) is 0 Å². The van der Waals surface area contributed by atoms with Gasteiger partial charge in [-0.25, -0.2) is 0 Å². The summed E-state index contributed by atoms with van der Waals surface area (Å²) in [5.74, 6) is 0.953. The zero-order valence-corrected chi connectivity index (χ0v) is 11.5. The summed E-state index contributed by atoms with van der Waals surface area (Å²) in [5.41, 5.74) is 0.234. The van der Waals surface area contributed by atoms with E-state index in [-0.39, 0.29) is 5.41 Å². The largest absolute Gasteiger partial charge is 0.396 e. The van der Waals surface area contributed by atoms with Crippen LogP contribution in [0.5, 0.6) is 0 Å². The van der Waals surface area contributed by atoms with E-state index >= 15 is 0 Å². The fourth-order valence-corrected chi connectivity index (χ4v) is 3.49. The Morgan fingerprint density at radius 2 is 1.82 bits per heavy atom. The van der Waals surface area contributed by atoms with Crippen molar-refractivity contribution in [3.63, 3.8) is 0 Å². The lowest BCUT2D eigenvalue weighted by Gasteiger charge is -2.41. The molecule has 1 N–H and O–H groups in total. The summed E-state index contributed by atoms with van der Waals surface area (Å²) in [6, 6.07) is 0. The zero-order valence-electron chi connectivity index (χ0n) is 11.5. The van der Waals surface area contributed by atoms with Crippen molar-refractivity contribution in [2.24, 2.45) is 11.3 Å². The highest BCUT2D eigenvalue weighted by atomic mass is 16.3. The fraction of sp³-hybridized carbons (Fsp3) is 1.00. The third kappa shape index (κ3) is 3.45. The number of hydrogen-bond acceptors (Lipinski definition) is 2. The van der Waals surface area contributed by atoms with Crippen LogP contribution in [0.15, 0.2) is 0 Å². The molecule has 0 aromatic heterocycles. The van der Waals surface area contributed by atoms with E-state index < -0.39 is 0 Å². The predicted octanol–water partition coefficient (Wildman–Crippen LogP) is 3.05. The first kappa shape index (κ1) is 13.4. The van der Waals surface area contributed by atoms with Crippen LogP contribution in [0.1, 0.15) is 58.3 Å². The maximum atomic E-state index is 9.76. The van der Waals surface area contributed by atoms with Crippen LogP contribution in [0.3, 0.4) is 0 Å². The molecule has 2 saturated carbocycles. The van der Waals surface area contributed by atoms with Gasteiger partial charge in [-0.1, -0.05) is 32.6 Å². The monoisotopic (exact) mass is 239 g/mol. The first-order chi connectivity index (χ1) is 8.28. The Labute approximate surface area is 106 Å². The highest BCUT2D eigenvalue weighted by molar-refractivity contribution is 4.86. The van der Waals surface area contributed by atoms with E-state index in [4.69, 9.17) is 0 Å². The maximum Gasteiger partial charge on any atom is 0.0499 e. The standard InChI is InChI=1S/C15H29NO/c1-2-16(11-14-7-6-8-14)12-15(13-17)9-4-3-5-10-15/h14,17H,2-13H2,1H3. The van der Waals surface area contributed by atoms with Crippen LogP contribution in [-0.4, -0.2) is 36.2 Å². The van der Waals surface area contributed by atoms with Crippen molar-refractivity contribution < 1.29 is 5.11 Å². The number of nitrogens with zero attached hydrogens (tertiary/aromatic N) is 1. The summed E-state index contributed by atoms with van der Waals surface area (Å²) in [7, 11) is 0. The number of aliphatic hydroxyl groups is 1. The predicted molar refractivity (Wildman–Crippen MR) is 72.1 cm³/mol. The molecule has 0 heterocycles. The van der Waals surface area contributed by atoms with Gasteiger partial charge in [-0.3, -0.25) is 0 Å². The quantitative estimate of drug-likeness (QED) is 0.770. The normalized spacial score (nSPS) is 24.9. The first-order valence-electron chi connectivity index (χ1n) is 7.61. The van der Waals surface area contributed by atoms with Gasteiger partial charge >= 0.3 is 0 Å². The number of hydrogen-bond donors (Lipinski definition) is 1. The van der Waals surface area contributed by atoms with Gasteiger partial charge in [-0.2, -0.15) is 0 Å². The lowest BCUT2D eigenvalue weighted by Crippen LogP contribution is -2.44. The molecule has 2 heteroatoms. The van der Waals surface area contributed by atoms with E-state index in [1.165, 1.54) is 57.9 Å². The van der Waals surface area contributed by atoms with Gasteiger partial charge in [0.25, 0.3) is 0 Å². The van der Waals surface area contributed by atoms with Crippen molar-refractivity contribution in [2.45, 2.75) is 58.3 Å². The molecular formula is C15H29NO. The Balaban J connectivity index is 1.85. The van der Waals surface area contributed by atoms with Gasteiger partial charge in [-0.15, -0.1) is 0 Å². The Hall–Kier alpha value is -0.0800. The summed E-state index contributed by atoms with van der Waals surface area (Å²) in [4.78, 5) is 2.60. The number of aliphatic hydroxyl groups excluding tert-OH is 1. The van der Waals surface area contributed by atoms with Gasteiger partial charge in [0.15, 0.2) is 0 Å². The van der Waals surface area contributed by atoms with Gasteiger partial charge in [0.2, 0.25) is 0 Å².